The van der Waals surface area contributed by atoms with Crippen molar-refractivity contribution in [3.63, 3.8) is 0 Å². The van der Waals surface area contributed by atoms with Crippen LogP contribution in [0.15, 0.2) is 30.6 Å². The monoisotopic (exact) mass is 253 g/mol. The SMILES string of the molecule is CCn1ccnc1NCc1ccc(F)c(Cl)c1. The second-order valence-electron chi connectivity index (χ2n) is 3.64. The molecule has 1 N–H and O–H groups in total. The highest BCUT2D eigenvalue weighted by molar-refractivity contribution is 6.30. The molecule has 3 nitrogen and oxygen atoms in total. The lowest BCUT2D eigenvalue weighted by atomic mass is 10.2. The van der Waals surface area contributed by atoms with Gasteiger partial charge in [-0.1, -0.05) is 17.7 Å². The molecule has 0 aliphatic carbocycles. The Hall–Kier alpha value is -1.55. The quantitative estimate of drug-likeness (QED) is 0.906. The number of halogens is 2. The molecule has 0 atom stereocenters. The Labute approximate surface area is 104 Å². The van der Waals surface area contributed by atoms with Crippen LogP contribution in [-0.4, -0.2) is 9.55 Å². The minimum absolute atomic E-state index is 0.142. The molecule has 0 amide bonds. The van der Waals surface area contributed by atoms with E-state index in [0.717, 1.165) is 18.1 Å². The van der Waals surface area contributed by atoms with Crippen molar-refractivity contribution in [2.24, 2.45) is 0 Å². The summed E-state index contributed by atoms with van der Waals surface area (Å²) in [5.74, 6) is 0.401. The van der Waals surface area contributed by atoms with E-state index >= 15 is 0 Å². The third-order valence-electron chi connectivity index (χ3n) is 2.49. The Morgan fingerprint density at radius 1 is 1.47 bits per heavy atom. The number of aryl methyl sites for hydroxylation is 1. The summed E-state index contributed by atoms with van der Waals surface area (Å²) in [4.78, 5) is 4.19. The first-order valence-corrected chi connectivity index (χ1v) is 5.77. The summed E-state index contributed by atoms with van der Waals surface area (Å²) in [6, 6.07) is 4.68. The zero-order valence-electron chi connectivity index (χ0n) is 9.45. The van der Waals surface area contributed by atoms with Gasteiger partial charge in [0.05, 0.1) is 5.02 Å². The van der Waals surface area contributed by atoms with Crippen LogP contribution in [-0.2, 0) is 13.1 Å². The van der Waals surface area contributed by atoms with Gasteiger partial charge in [-0.05, 0) is 24.6 Å². The van der Waals surface area contributed by atoms with E-state index in [0.29, 0.717) is 6.54 Å². The van der Waals surface area contributed by atoms with Gasteiger partial charge in [0.1, 0.15) is 5.82 Å². The van der Waals surface area contributed by atoms with Crippen molar-refractivity contribution >= 4 is 17.5 Å². The van der Waals surface area contributed by atoms with E-state index in [4.69, 9.17) is 11.6 Å². The molecule has 0 aliphatic rings. The number of aromatic nitrogens is 2. The maximum absolute atomic E-state index is 13.0. The predicted octanol–water partition coefficient (Wildman–Crippen LogP) is 3.31. The van der Waals surface area contributed by atoms with Crippen LogP contribution in [0, 0.1) is 5.82 Å². The van der Waals surface area contributed by atoms with Gasteiger partial charge >= 0.3 is 0 Å². The third kappa shape index (κ3) is 2.77. The van der Waals surface area contributed by atoms with Gasteiger partial charge in [-0.15, -0.1) is 0 Å². The van der Waals surface area contributed by atoms with Crippen molar-refractivity contribution in [1.29, 1.82) is 0 Å². The number of nitrogens with one attached hydrogen (secondary N) is 1. The van der Waals surface area contributed by atoms with E-state index in [2.05, 4.69) is 10.3 Å². The maximum Gasteiger partial charge on any atom is 0.203 e. The zero-order chi connectivity index (χ0) is 12.3. The first-order chi connectivity index (χ1) is 8.20. The topological polar surface area (TPSA) is 29.9 Å². The molecule has 0 bridgehead atoms. The Morgan fingerprint density at radius 2 is 2.29 bits per heavy atom. The van der Waals surface area contributed by atoms with Crippen LogP contribution >= 0.6 is 11.6 Å². The van der Waals surface area contributed by atoms with Crippen LogP contribution in [0.2, 0.25) is 5.02 Å². The number of imidazole rings is 1. The van der Waals surface area contributed by atoms with Gasteiger partial charge in [-0.25, -0.2) is 9.37 Å². The van der Waals surface area contributed by atoms with Crippen molar-refractivity contribution < 1.29 is 4.39 Å². The van der Waals surface area contributed by atoms with Crippen molar-refractivity contribution in [2.45, 2.75) is 20.0 Å². The molecule has 0 radical (unpaired) electrons. The van der Waals surface area contributed by atoms with Crippen molar-refractivity contribution in [3.8, 4) is 0 Å². The summed E-state index contributed by atoms with van der Waals surface area (Å²) in [5, 5.41) is 3.32. The summed E-state index contributed by atoms with van der Waals surface area (Å²) < 4.78 is 15.0. The molecule has 90 valence electrons. The van der Waals surface area contributed by atoms with Crippen LogP contribution in [0.25, 0.3) is 0 Å². The zero-order valence-corrected chi connectivity index (χ0v) is 10.2. The lowest BCUT2D eigenvalue weighted by Gasteiger charge is -2.08. The predicted molar refractivity (Wildman–Crippen MR) is 66.6 cm³/mol. The van der Waals surface area contributed by atoms with Crippen LogP contribution < -0.4 is 5.32 Å². The normalized spacial score (nSPS) is 10.5. The molecule has 0 saturated heterocycles. The van der Waals surface area contributed by atoms with E-state index < -0.39 is 5.82 Å². The van der Waals surface area contributed by atoms with E-state index in [1.165, 1.54) is 6.07 Å². The minimum atomic E-state index is -0.398. The molecule has 0 fully saturated rings. The van der Waals surface area contributed by atoms with Gasteiger partial charge in [-0.2, -0.15) is 0 Å². The molecule has 0 spiro atoms. The molecule has 1 heterocycles. The molecule has 0 unspecified atom stereocenters. The molecule has 1 aromatic heterocycles. The van der Waals surface area contributed by atoms with Crippen molar-refractivity contribution in [2.75, 3.05) is 5.32 Å². The summed E-state index contributed by atoms with van der Waals surface area (Å²) in [5.41, 5.74) is 0.919. The van der Waals surface area contributed by atoms with Crippen molar-refractivity contribution in [3.05, 3.63) is 47.0 Å². The number of hydrogen-bond donors (Lipinski definition) is 1. The van der Waals surface area contributed by atoms with Crippen molar-refractivity contribution in [1.82, 2.24) is 9.55 Å². The number of nitrogens with zero attached hydrogens (tertiary/aromatic N) is 2. The number of rotatable bonds is 4. The molecule has 1 aromatic carbocycles. The summed E-state index contributed by atoms with van der Waals surface area (Å²) in [6.07, 6.45) is 3.64. The van der Waals surface area contributed by atoms with E-state index in [-0.39, 0.29) is 5.02 Å². The van der Waals surface area contributed by atoms with E-state index in [9.17, 15) is 4.39 Å². The van der Waals surface area contributed by atoms with Gasteiger partial charge in [0.25, 0.3) is 0 Å². The molecule has 0 aliphatic heterocycles. The lowest BCUT2D eigenvalue weighted by Crippen LogP contribution is -2.06. The standard InChI is InChI=1S/C12H13ClFN3/c1-2-17-6-5-15-12(17)16-8-9-3-4-11(14)10(13)7-9/h3-7H,2,8H2,1H3,(H,15,16). The number of hydrogen-bond acceptors (Lipinski definition) is 2. The second-order valence-corrected chi connectivity index (χ2v) is 4.05. The fourth-order valence-corrected chi connectivity index (χ4v) is 1.77. The Bertz CT molecular complexity index is 510. The first kappa shape index (κ1) is 11.9. The lowest BCUT2D eigenvalue weighted by molar-refractivity contribution is 0.627. The first-order valence-electron chi connectivity index (χ1n) is 5.39. The summed E-state index contributed by atoms with van der Waals surface area (Å²) in [6.45, 7) is 3.46. The molecule has 0 saturated carbocycles. The van der Waals surface area contributed by atoms with Gasteiger partial charge in [-0.3, -0.25) is 0 Å². The molecular formula is C12H13ClFN3. The van der Waals surface area contributed by atoms with Crippen LogP contribution in [0.3, 0.4) is 0 Å². The fourth-order valence-electron chi connectivity index (χ4n) is 1.56. The number of benzene rings is 1. The molecule has 17 heavy (non-hydrogen) atoms. The average Bonchev–Trinajstić information content (AvgIpc) is 2.78. The van der Waals surface area contributed by atoms with E-state index in [1.54, 1.807) is 18.3 Å². The fraction of sp³-hybridized carbons (Fsp3) is 0.250. The smallest absolute Gasteiger partial charge is 0.203 e. The van der Waals surface area contributed by atoms with Crippen LogP contribution in [0.1, 0.15) is 12.5 Å². The molecule has 2 rings (SSSR count). The Morgan fingerprint density at radius 3 is 3.00 bits per heavy atom. The second kappa shape index (κ2) is 5.19. The average molecular weight is 254 g/mol. The van der Waals surface area contributed by atoms with Gasteiger partial charge in [0.15, 0.2) is 0 Å². The largest absolute Gasteiger partial charge is 0.352 e. The van der Waals surface area contributed by atoms with Crippen LogP contribution in [0.4, 0.5) is 10.3 Å². The van der Waals surface area contributed by atoms with Crippen LogP contribution in [0.5, 0.6) is 0 Å². The summed E-state index contributed by atoms with van der Waals surface area (Å²) >= 11 is 5.71. The maximum atomic E-state index is 13.0. The van der Waals surface area contributed by atoms with Gasteiger partial charge in [0, 0.05) is 25.5 Å². The molecule has 2 aromatic rings. The Kier molecular flexibility index (Phi) is 3.64. The molecule has 5 heteroatoms. The summed E-state index contributed by atoms with van der Waals surface area (Å²) in [7, 11) is 0. The highest BCUT2D eigenvalue weighted by atomic mass is 35.5. The molecular weight excluding hydrogens is 241 g/mol. The highest BCUT2D eigenvalue weighted by Gasteiger charge is 2.03. The third-order valence-corrected chi connectivity index (χ3v) is 2.78. The minimum Gasteiger partial charge on any atom is -0.352 e. The number of anilines is 1. The van der Waals surface area contributed by atoms with Gasteiger partial charge in [0.2, 0.25) is 5.95 Å². The Balaban J connectivity index is 2.05. The van der Waals surface area contributed by atoms with E-state index in [1.807, 2.05) is 17.7 Å². The highest BCUT2D eigenvalue weighted by Crippen LogP contribution is 2.16. The van der Waals surface area contributed by atoms with Gasteiger partial charge < -0.3 is 9.88 Å².